The number of nitrogens with zero attached hydrogens (tertiary/aromatic N) is 7. The first-order valence-corrected chi connectivity index (χ1v) is 7.21. The van der Waals surface area contributed by atoms with Gasteiger partial charge in [-0.1, -0.05) is 12.1 Å². The fourth-order valence-electron chi connectivity index (χ4n) is 2.10. The Balaban J connectivity index is 1.44. The minimum atomic E-state index is -0.0258. The molecule has 2 aromatic heterocycles. The standard InChI is InChI=1S/C14H16N8O/c23-14(2-1-7-21-11-16-19-20-21)18-13-5-3-12(4-6-13)8-22-10-15-9-17-22/h3-6,9-11H,1-2,7-8H2,(H,18,23). The number of hydrogen-bond donors (Lipinski definition) is 1. The lowest BCUT2D eigenvalue weighted by Crippen LogP contribution is -2.12. The number of aryl methyl sites for hydroxylation is 1. The van der Waals surface area contributed by atoms with Gasteiger partial charge in [-0.15, -0.1) is 5.10 Å². The van der Waals surface area contributed by atoms with Crippen molar-refractivity contribution in [3.05, 3.63) is 48.8 Å². The van der Waals surface area contributed by atoms with E-state index in [9.17, 15) is 4.79 Å². The molecule has 0 spiro atoms. The molecule has 23 heavy (non-hydrogen) atoms. The van der Waals surface area contributed by atoms with Crippen LogP contribution in [0.3, 0.4) is 0 Å². The molecule has 0 atom stereocenters. The first-order chi connectivity index (χ1) is 11.3. The predicted octanol–water partition coefficient (Wildman–Crippen LogP) is 0.732. The van der Waals surface area contributed by atoms with Crippen LogP contribution in [-0.2, 0) is 17.9 Å². The van der Waals surface area contributed by atoms with Crippen molar-refractivity contribution in [3.8, 4) is 0 Å². The van der Waals surface area contributed by atoms with E-state index in [0.717, 1.165) is 11.3 Å². The molecule has 1 N–H and O–H groups in total. The van der Waals surface area contributed by atoms with E-state index in [-0.39, 0.29) is 5.91 Å². The van der Waals surface area contributed by atoms with Crippen LogP contribution in [0.1, 0.15) is 18.4 Å². The van der Waals surface area contributed by atoms with Gasteiger partial charge in [0, 0.05) is 18.7 Å². The van der Waals surface area contributed by atoms with Gasteiger partial charge in [0.05, 0.1) is 6.54 Å². The average Bonchev–Trinajstić information content (AvgIpc) is 3.23. The molecule has 0 saturated heterocycles. The van der Waals surface area contributed by atoms with E-state index >= 15 is 0 Å². The fourth-order valence-corrected chi connectivity index (χ4v) is 2.10. The van der Waals surface area contributed by atoms with Crippen molar-refractivity contribution in [3.63, 3.8) is 0 Å². The first kappa shape index (κ1) is 14.8. The third kappa shape index (κ3) is 4.43. The largest absolute Gasteiger partial charge is 0.326 e. The Morgan fingerprint density at radius 2 is 2.00 bits per heavy atom. The topological polar surface area (TPSA) is 103 Å². The molecule has 0 radical (unpaired) electrons. The zero-order chi connectivity index (χ0) is 15.9. The summed E-state index contributed by atoms with van der Waals surface area (Å²) in [7, 11) is 0. The van der Waals surface area contributed by atoms with Gasteiger partial charge in [0.2, 0.25) is 5.91 Å². The summed E-state index contributed by atoms with van der Waals surface area (Å²) in [4.78, 5) is 15.8. The highest BCUT2D eigenvalue weighted by Gasteiger charge is 2.03. The first-order valence-electron chi connectivity index (χ1n) is 7.21. The Labute approximate surface area is 132 Å². The lowest BCUT2D eigenvalue weighted by Gasteiger charge is -2.07. The van der Waals surface area contributed by atoms with Gasteiger partial charge in [0.15, 0.2) is 0 Å². The molecule has 0 saturated carbocycles. The second kappa shape index (κ2) is 7.25. The Morgan fingerprint density at radius 3 is 2.70 bits per heavy atom. The van der Waals surface area contributed by atoms with E-state index in [2.05, 4.69) is 30.9 Å². The number of hydrogen-bond acceptors (Lipinski definition) is 6. The molecule has 1 aromatic carbocycles. The van der Waals surface area contributed by atoms with Crippen LogP contribution >= 0.6 is 0 Å². The van der Waals surface area contributed by atoms with Gasteiger partial charge >= 0.3 is 0 Å². The molecule has 9 nitrogen and oxygen atoms in total. The Kier molecular flexibility index (Phi) is 4.67. The number of anilines is 1. The summed E-state index contributed by atoms with van der Waals surface area (Å²) in [6.45, 7) is 1.28. The maximum Gasteiger partial charge on any atom is 0.224 e. The monoisotopic (exact) mass is 312 g/mol. The molecule has 2 heterocycles. The zero-order valence-corrected chi connectivity index (χ0v) is 12.4. The Morgan fingerprint density at radius 1 is 1.13 bits per heavy atom. The second-order valence-corrected chi connectivity index (χ2v) is 5.01. The average molecular weight is 312 g/mol. The molecule has 118 valence electrons. The summed E-state index contributed by atoms with van der Waals surface area (Å²) in [5.74, 6) is -0.0258. The number of carbonyl (C=O) groups is 1. The van der Waals surface area contributed by atoms with Crippen molar-refractivity contribution in [2.24, 2.45) is 0 Å². The normalized spacial score (nSPS) is 10.6. The van der Waals surface area contributed by atoms with E-state index in [1.165, 1.54) is 12.7 Å². The number of tetrazole rings is 1. The van der Waals surface area contributed by atoms with Crippen LogP contribution < -0.4 is 5.32 Å². The molecule has 0 aliphatic rings. The van der Waals surface area contributed by atoms with E-state index < -0.39 is 0 Å². The third-order valence-corrected chi connectivity index (χ3v) is 3.23. The number of rotatable bonds is 7. The van der Waals surface area contributed by atoms with Gasteiger partial charge in [-0.2, -0.15) is 5.10 Å². The minimum Gasteiger partial charge on any atom is -0.326 e. The van der Waals surface area contributed by atoms with Crippen molar-refractivity contribution in [1.29, 1.82) is 0 Å². The van der Waals surface area contributed by atoms with Crippen molar-refractivity contribution >= 4 is 11.6 Å². The highest BCUT2D eigenvalue weighted by Crippen LogP contribution is 2.11. The van der Waals surface area contributed by atoms with Crippen LogP contribution in [0.25, 0.3) is 0 Å². The summed E-state index contributed by atoms with van der Waals surface area (Å²) in [6, 6.07) is 7.67. The van der Waals surface area contributed by atoms with Gasteiger partial charge in [-0.3, -0.25) is 4.79 Å². The second-order valence-electron chi connectivity index (χ2n) is 5.01. The molecule has 1 amide bonds. The van der Waals surface area contributed by atoms with Crippen LogP contribution in [0.5, 0.6) is 0 Å². The maximum atomic E-state index is 11.9. The van der Waals surface area contributed by atoms with Crippen molar-refractivity contribution in [2.75, 3.05) is 5.32 Å². The number of benzene rings is 1. The molecule has 0 aliphatic heterocycles. The van der Waals surface area contributed by atoms with Crippen LogP contribution in [-0.4, -0.2) is 40.9 Å². The van der Waals surface area contributed by atoms with Crippen LogP contribution in [0.15, 0.2) is 43.2 Å². The summed E-state index contributed by atoms with van der Waals surface area (Å²) < 4.78 is 3.35. The van der Waals surface area contributed by atoms with Crippen molar-refractivity contribution < 1.29 is 4.79 Å². The number of aromatic nitrogens is 7. The van der Waals surface area contributed by atoms with Gasteiger partial charge in [0.25, 0.3) is 0 Å². The molecular weight excluding hydrogens is 296 g/mol. The van der Waals surface area contributed by atoms with Gasteiger partial charge in [-0.25, -0.2) is 14.3 Å². The number of amides is 1. The lowest BCUT2D eigenvalue weighted by molar-refractivity contribution is -0.116. The molecule has 0 aliphatic carbocycles. The van der Waals surface area contributed by atoms with Crippen molar-refractivity contribution in [2.45, 2.75) is 25.9 Å². The quantitative estimate of drug-likeness (QED) is 0.690. The summed E-state index contributed by atoms with van der Waals surface area (Å²) >= 11 is 0. The van der Waals surface area contributed by atoms with Crippen LogP contribution in [0, 0.1) is 0 Å². The van der Waals surface area contributed by atoms with Gasteiger partial charge in [0.1, 0.15) is 19.0 Å². The number of carbonyl (C=O) groups excluding carboxylic acids is 1. The highest BCUT2D eigenvalue weighted by molar-refractivity contribution is 5.90. The third-order valence-electron chi connectivity index (χ3n) is 3.23. The predicted molar refractivity (Wildman–Crippen MR) is 81.2 cm³/mol. The molecule has 0 fully saturated rings. The minimum absolute atomic E-state index is 0.0258. The zero-order valence-electron chi connectivity index (χ0n) is 12.4. The van der Waals surface area contributed by atoms with Gasteiger partial charge < -0.3 is 5.32 Å². The molecule has 9 heteroatoms. The molecule has 3 aromatic rings. The van der Waals surface area contributed by atoms with Gasteiger partial charge in [-0.05, 0) is 34.5 Å². The highest BCUT2D eigenvalue weighted by atomic mass is 16.1. The summed E-state index contributed by atoms with van der Waals surface area (Å²) in [5, 5.41) is 17.8. The van der Waals surface area contributed by atoms with Crippen LogP contribution in [0.4, 0.5) is 5.69 Å². The summed E-state index contributed by atoms with van der Waals surface area (Å²) in [5.41, 5.74) is 1.87. The number of nitrogens with one attached hydrogen (secondary N) is 1. The molecule has 0 bridgehead atoms. The summed E-state index contributed by atoms with van der Waals surface area (Å²) in [6.07, 6.45) is 5.80. The molecule has 3 rings (SSSR count). The smallest absolute Gasteiger partial charge is 0.224 e. The molecule has 0 unspecified atom stereocenters. The van der Waals surface area contributed by atoms with E-state index in [1.54, 1.807) is 15.7 Å². The van der Waals surface area contributed by atoms with E-state index in [1.807, 2.05) is 24.3 Å². The fraction of sp³-hybridized carbons (Fsp3) is 0.286. The Bertz CT molecular complexity index is 721. The van der Waals surface area contributed by atoms with E-state index in [0.29, 0.717) is 25.9 Å². The maximum absolute atomic E-state index is 11.9. The molecular formula is C14H16N8O. The van der Waals surface area contributed by atoms with Crippen LogP contribution in [0.2, 0.25) is 0 Å². The Hall–Kier alpha value is -3.10. The van der Waals surface area contributed by atoms with E-state index in [4.69, 9.17) is 0 Å². The SMILES string of the molecule is O=C(CCCn1cnnn1)Nc1ccc(Cn2cncn2)cc1. The lowest BCUT2D eigenvalue weighted by atomic mass is 10.2. The van der Waals surface area contributed by atoms with Crippen molar-refractivity contribution in [1.82, 2.24) is 35.0 Å².